The van der Waals surface area contributed by atoms with Gasteiger partial charge in [0.15, 0.2) is 6.61 Å². The maximum absolute atomic E-state index is 11.9. The first-order chi connectivity index (χ1) is 10.6. The average molecular weight is 381 g/mol. The summed E-state index contributed by atoms with van der Waals surface area (Å²) in [5.41, 5.74) is 0.0624. The lowest BCUT2D eigenvalue weighted by Gasteiger charge is -2.04. The predicted molar refractivity (Wildman–Crippen MR) is 82.5 cm³/mol. The first kappa shape index (κ1) is 14.7. The maximum atomic E-state index is 11.9. The first-order valence-electron chi connectivity index (χ1n) is 6.15. The van der Waals surface area contributed by atoms with Crippen molar-refractivity contribution in [2.75, 3.05) is 0 Å². The molecule has 0 radical (unpaired) electrons. The van der Waals surface area contributed by atoms with Crippen molar-refractivity contribution in [2.45, 2.75) is 6.61 Å². The normalized spacial score (nSPS) is 10.6. The van der Waals surface area contributed by atoms with E-state index < -0.39 is 5.97 Å². The van der Waals surface area contributed by atoms with Gasteiger partial charge in [-0.3, -0.25) is 0 Å². The summed E-state index contributed by atoms with van der Waals surface area (Å²) in [6, 6.07) is 8.25. The summed E-state index contributed by atoms with van der Waals surface area (Å²) in [7, 11) is 0. The lowest BCUT2D eigenvalue weighted by atomic mass is 10.2. The van der Waals surface area contributed by atoms with E-state index in [0.717, 1.165) is 4.88 Å². The van der Waals surface area contributed by atoms with E-state index in [-0.39, 0.29) is 23.8 Å². The number of aromatic hydroxyl groups is 1. The monoisotopic (exact) mass is 380 g/mol. The summed E-state index contributed by atoms with van der Waals surface area (Å²) in [6.07, 6.45) is 0. The number of carbonyl (C=O) groups is 1. The second-order valence-electron chi connectivity index (χ2n) is 4.23. The molecule has 8 heteroatoms. The molecule has 0 saturated carbocycles. The van der Waals surface area contributed by atoms with Gasteiger partial charge in [0.05, 0.1) is 4.88 Å². The molecule has 112 valence electrons. The standard InChI is InChI=1S/C14H9BrN2O4S/c15-8-3-4-10(18)9(6-8)14(19)20-7-12-16-13(17-21-12)11-2-1-5-22-11/h1-6,18H,7H2. The highest BCUT2D eigenvalue weighted by Gasteiger charge is 2.16. The minimum Gasteiger partial charge on any atom is -0.507 e. The van der Waals surface area contributed by atoms with Gasteiger partial charge in [-0.25, -0.2) is 4.79 Å². The SMILES string of the molecule is O=C(OCc1nc(-c2cccs2)no1)c1cc(Br)ccc1O. The van der Waals surface area contributed by atoms with Crippen LogP contribution in [-0.4, -0.2) is 21.2 Å². The van der Waals surface area contributed by atoms with Crippen molar-refractivity contribution in [2.24, 2.45) is 0 Å². The number of rotatable bonds is 4. The number of ether oxygens (including phenoxy) is 1. The highest BCUT2D eigenvalue weighted by Crippen LogP contribution is 2.24. The molecular weight excluding hydrogens is 372 g/mol. The van der Waals surface area contributed by atoms with Crippen LogP contribution < -0.4 is 0 Å². The van der Waals surface area contributed by atoms with Gasteiger partial charge in [-0.15, -0.1) is 11.3 Å². The number of aromatic nitrogens is 2. The average Bonchev–Trinajstić information content (AvgIpc) is 3.17. The van der Waals surface area contributed by atoms with E-state index >= 15 is 0 Å². The second-order valence-corrected chi connectivity index (χ2v) is 6.09. The molecular formula is C14H9BrN2O4S. The van der Waals surface area contributed by atoms with E-state index in [1.807, 2.05) is 17.5 Å². The molecule has 0 unspecified atom stereocenters. The van der Waals surface area contributed by atoms with Crippen molar-refractivity contribution in [1.29, 1.82) is 0 Å². The predicted octanol–water partition coefficient (Wildman–Crippen LogP) is 3.62. The number of esters is 1. The Balaban J connectivity index is 1.67. The molecule has 0 aliphatic carbocycles. The number of benzene rings is 1. The lowest BCUT2D eigenvalue weighted by molar-refractivity contribution is 0.0426. The number of thiophene rings is 1. The van der Waals surface area contributed by atoms with Crippen LogP contribution in [0.25, 0.3) is 10.7 Å². The van der Waals surface area contributed by atoms with Gasteiger partial charge in [-0.1, -0.05) is 27.2 Å². The number of nitrogens with zero attached hydrogens (tertiary/aromatic N) is 2. The number of hydrogen-bond donors (Lipinski definition) is 1. The zero-order valence-corrected chi connectivity index (χ0v) is 13.4. The van der Waals surface area contributed by atoms with Crippen LogP contribution in [-0.2, 0) is 11.3 Å². The molecule has 0 saturated heterocycles. The van der Waals surface area contributed by atoms with E-state index in [1.54, 1.807) is 6.07 Å². The third kappa shape index (κ3) is 3.18. The number of hydrogen-bond acceptors (Lipinski definition) is 7. The molecule has 0 bridgehead atoms. The van der Waals surface area contributed by atoms with Crippen LogP contribution in [0.5, 0.6) is 5.75 Å². The Morgan fingerprint density at radius 2 is 2.27 bits per heavy atom. The van der Waals surface area contributed by atoms with Gasteiger partial charge < -0.3 is 14.4 Å². The van der Waals surface area contributed by atoms with Gasteiger partial charge in [-0.2, -0.15) is 4.98 Å². The summed E-state index contributed by atoms with van der Waals surface area (Å²) in [4.78, 5) is 16.9. The van der Waals surface area contributed by atoms with Crippen LogP contribution in [0.15, 0.2) is 44.7 Å². The molecule has 0 spiro atoms. The molecule has 0 fully saturated rings. The Morgan fingerprint density at radius 3 is 3.05 bits per heavy atom. The molecule has 1 aromatic carbocycles. The Kier molecular flexibility index (Phi) is 4.21. The van der Waals surface area contributed by atoms with E-state index in [1.165, 1.54) is 23.5 Å². The molecule has 3 rings (SSSR count). The fourth-order valence-corrected chi connectivity index (χ4v) is 2.71. The first-order valence-corrected chi connectivity index (χ1v) is 7.83. The Labute approximate surface area is 137 Å². The van der Waals surface area contributed by atoms with E-state index in [4.69, 9.17) is 9.26 Å². The van der Waals surface area contributed by atoms with Gasteiger partial charge in [0.2, 0.25) is 5.82 Å². The van der Waals surface area contributed by atoms with Crippen molar-refractivity contribution in [1.82, 2.24) is 10.1 Å². The smallest absolute Gasteiger partial charge is 0.342 e. The molecule has 6 nitrogen and oxygen atoms in total. The third-order valence-electron chi connectivity index (χ3n) is 2.71. The molecule has 0 atom stereocenters. The molecule has 0 amide bonds. The quantitative estimate of drug-likeness (QED) is 0.695. The van der Waals surface area contributed by atoms with Gasteiger partial charge >= 0.3 is 5.97 Å². The Hall–Kier alpha value is -2.19. The largest absolute Gasteiger partial charge is 0.507 e. The minimum absolute atomic E-state index is 0.0624. The number of halogens is 1. The molecule has 3 aromatic rings. The topological polar surface area (TPSA) is 85.5 Å². The van der Waals surface area contributed by atoms with Gasteiger partial charge in [-0.05, 0) is 29.6 Å². The van der Waals surface area contributed by atoms with E-state index in [0.29, 0.717) is 10.3 Å². The van der Waals surface area contributed by atoms with Gasteiger partial charge in [0.1, 0.15) is 11.3 Å². The molecule has 22 heavy (non-hydrogen) atoms. The Morgan fingerprint density at radius 1 is 1.41 bits per heavy atom. The maximum Gasteiger partial charge on any atom is 0.342 e. The van der Waals surface area contributed by atoms with Gasteiger partial charge in [0, 0.05) is 4.47 Å². The van der Waals surface area contributed by atoms with Crippen molar-refractivity contribution < 1.29 is 19.2 Å². The third-order valence-corrected chi connectivity index (χ3v) is 4.07. The van der Waals surface area contributed by atoms with Crippen molar-refractivity contribution in [3.8, 4) is 16.5 Å². The van der Waals surface area contributed by atoms with Gasteiger partial charge in [0.25, 0.3) is 5.89 Å². The van der Waals surface area contributed by atoms with Crippen LogP contribution in [0.4, 0.5) is 0 Å². The molecule has 0 aliphatic rings. The van der Waals surface area contributed by atoms with Crippen LogP contribution in [0, 0.1) is 0 Å². The van der Waals surface area contributed by atoms with Crippen molar-refractivity contribution in [3.63, 3.8) is 0 Å². The van der Waals surface area contributed by atoms with Crippen LogP contribution in [0.1, 0.15) is 16.2 Å². The van der Waals surface area contributed by atoms with Crippen molar-refractivity contribution in [3.05, 3.63) is 51.6 Å². The summed E-state index contributed by atoms with van der Waals surface area (Å²) in [5.74, 6) is -0.190. The van der Waals surface area contributed by atoms with Crippen LogP contribution in [0.2, 0.25) is 0 Å². The van der Waals surface area contributed by atoms with E-state index in [2.05, 4.69) is 26.1 Å². The van der Waals surface area contributed by atoms with Crippen LogP contribution >= 0.6 is 27.3 Å². The highest BCUT2D eigenvalue weighted by molar-refractivity contribution is 9.10. The highest BCUT2D eigenvalue weighted by atomic mass is 79.9. The molecule has 2 aromatic heterocycles. The second kappa shape index (κ2) is 6.29. The number of phenols is 1. The van der Waals surface area contributed by atoms with Crippen molar-refractivity contribution >= 4 is 33.2 Å². The zero-order valence-electron chi connectivity index (χ0n) is 11.0. The summed E-state index contributed by atoms with van der Waals surface area (Å²) in [6.45, 7) is -0.164. The number of phenolic OH excluding ortho intramolecular Hbond substituents is 1. The molecule has 0 aliphatic heterocycles. The summed E-state index contributed by atoms with van der Waals surface area (Å²) >= 11 is 4.71. The van der Waals surface area contributed by atoms with E-state index in [9.17, 15) is 9.90 Å². The fraction of sp³-hybridized carbons (Fsp3) is 0.0714. The molecule has 1 N–H and O–H groups in total. The summed E-state index contributed by atoms with van der Waals surface area (Å²) < 4.78 is 10.8. The summed E-state index contributed by atoms with van der Waals surface area (Å²) in [5, 5.41) is 15.4. The zero-order chi connectivity index (χ0) is 15.5. The van der Waals surface area contributed by atoms with Crippen LogP contribution in [0.3, 0.4) is 0 Å². The lowest BCUT2D eigenvalue weighted by Crippen LogP contribution is -2.05. The Bertz CT molecular complexity index is 801. The number of carbonyl (C=O) groups excluding carboxylic acids is 1. The minimum atomic E-state index is -0.672. The molecule has 2 heterocycles. The fourth-order valence-electron chi connectivity index (χ4n) is 1.70.